The highest BCUT2D eigenvalue weighted by Gasteiger charge is 2.20. The zero-order chi connectivity index (χ0) is 14.0. The second-order valence-electron chi connectivity index (χ2n) is 3.66. The standard InChI is InChI=1S/C13H10BrIO3S/c1-17-8-4-9(14)12(10(5-8)18-2)13(16)7-3-11(15)19-6-7/h3-6H,1-2H3. The van der Waals surface area contributed by atoms with Gasteiger partial charge in [-0.1, -0.05) is 0 Å². The van der Waals surface area contributed by atoms with Gasteiger partial charge >= 0.3 is 0 Å². The minimum atomic E-state index is -0.0643. The summed E-state index contributed by atoms with van der Waals surface area (Å²) in [6.45, 7) is 0. The first-order chi connectivity index (χ1) is 9.06. The predicted octanol–water partition coefficient (Wildman–Crippen LogP) is 4.36. The van der Waals surface area contributed by atoms with Crippen LogP contribution in [0.15, 0.2) is 28.1 Å². The maximum Gasteiger partial charge on any atom is 0.198 e. The number of methoxy groups -OCH3 is 2. The smallest absolute Gasteiger partial charge is 0.198 e. The van der Waals surface area contributed by atoms with E-state index in [1.165, 1.54) is 18.4 Å². The first-order valence-electron chi connectivity index (χ1n) is 5.27. The number of thiophene rings is 1. The largest absolute Gasteiger partial charge is 0.497 e. The molecule has 0 aliphatic heterocycles. The lowest BCUT2D eigenvalue weighted by Crippen LogP contribution is -2.04. The molecule has 6 heteroatoms. The molecule has 0 N–H and O–H groups in total. The number of rotatable bonds is 4. The van der Waals surface area contributed by atoms with Gasteiger partial charge in [-0.3, -0.25) is 4.79 Å². The molecule has 2 aromatic rings. The van der Waals surface area contributed by atoms with E-state index in [-0.39, 0.29) is 5.78 Å². The Kier molecular flexibility index (Phi) is 4.86. The summed E-state index contributed by atoms with van der Waals surface area (Å²) in [5.74, 6) is 1.07. The van der Waals surface area contributed by atoms with Crippen LogP contribution in [0.1, 0.15) is 15.9 Å². The van der Waals surface area contributed by atoms with E-state index in [0.717, 1.165) is 2.88 Å². The third-order valence-electron chi connectivity index (χ3n) is 2.54. The van der Waals surface area contributed by atoms with Crippen molar-refractivity contribution in [2.24, 2.45) is 0 Å². The van der Waals surface area contributed by atoms with Crippen molar-refractivity contribution in [3.05, 3.63) is 42.1 Å². The molecule has 1 aromatic carbocycles. The van der Waals surface area contributed by atoms with E-state index in [9.17, 15) is 4.79 Å². The Morgan fingerprint density at radius 1 is 1.26 bits per heavy atom. The van der Waals surface area contributed by atoms with Crippen molar-refractivity contribution >= 4 is 55.6 Å². The van der Waals surface area contributed by atoms with Crippen molar-refractivity contribution in [1.29, 1.82) is 0 Å². The number of hydrogen-bond donors (Lipinski definition) is 0. The van der Waals surface area contributed by atoms with Crippen LogP contribution in [0.5, 0.6) is 11.5 Å². The highest BCUT2D eigenvalue weighted by Crippen LogP contribution is 2.34. The van der Waals surface area contributed by atoms with E-state index in [0.29, 0.717) is 27.1 Å². The van der Waals surface area contributed by atoms with Crippen LogP contribution in [0.2, 0.25) is 0 Å². The molecular formula is C13H10BrIO3S. The monoisotopic (exact) mass is 452 g/mol. The molecule has 0 saturated heterocycles. The molecule has 0 amide bonds. The van der Waals surface area contributed by atoms with Crippen LogP contribution in [0.4, 0.5) is 0 Å². The van der Waals surface area contributed by atoms with Crippen LogP contribution in [0.25, 0.3) is 0 Å². The molecule has 0 aliphatic carbocycles. The molecule has 1 aromatic heterocycles. The summed E-state index contributed by atoms with van der Waals surface area (Å²) in [5, 5.41) is 1.85. The first-order valence-corrected chi connectivity index (χ1v) is 8.02. The van der Waals surface area contributed by atoms with Gasteiger partial charge < -0.3 is 9.47 Å². The molecule has 1 heterocycles. The van der Waals surface area contributed by atoms with E-state index >= 15 is 0 Å². The Bertz CT molecular complexity index is 624. The highest BCUT2D eigenvalue weighted by atomic mass is 127. The van der Waals surface area contributed by atoms with Gasteiger partial charge in [0, 0.05) is 21.5 Å². The maximum atomic E-state index is 12.5. The molecule has 0 spiro atoms. The molecule has 0 atom stereocenters. The number of ether oxygens (including phenoxy) is 2. The summed E-state index contributed by atoms with van der Waals surface area (Å²) in [6, 6.07) is 5.33. The summed E-state index contributed by atoms with van der Waals surface area (Å²) in [6.07, 6.45) is 0. The normalized spacial score (nSPS) is 10.3. The van der Waals surface area contributed by atoms with E-state index in [2.05, 4.69) is 38.5 Å². The van der Waals surface area contributed by atoms with Crippen LogP contribution >= 0.6 is 49.9 Å². The number of halogens is 2. The van der Waals surface area contributed by atoms with Crippen LogP contribution in [0.3, 0.4) is 0 Å². The van der Waals surface area contributed by atoms with E-state index in [1.807, 2.05) is 11.4 Å². The van der Waals surface area contributed by atoms with E-state index < -0.39 is 0 Å². The highest BCUT2D eigenvalue weighted by molar-refractivity contribution is 14.1. The van der Waals surface area contributed by atoms with Gasteiger partial charge in [-0.15, -0.1) is 11.3 Å². The third-order valence-corrected chi connectivity index (χ3v) is 4.95. The van der Waals surface area contributed by atoms with Crippen molar-refractivity contribution in [1.82, 2.24) is 0 Å². The quantitative estimate of drug-likeness (QED) is 0.510. The second-order valence-corrected chi connectivity index (χ2v) is 7.31. The van der Waals surface area contributed by atoms with E-state index in [4.69, 9.17) is 9.47 Å². The Morgan fingerprint density at radius 3 is 2.53 bits per heavy atom. The number of benzene rings is 1. The Hall–Kier alpha value is -0.600. The summed E-state index contributed by atoms with van der Waals surface area (Å²) >= 11 is 7.14. The maximum absolute atomic E-state index is 12.5. The Balaban J connectivity index is 2.52. The molecule has 0 aliphatic rings. The van der Waals surface area contributed by atoms with Gasteiger partial charge in [-0.2, -0.15) is 0 Å². The molecule has 0 bridgehead atoms. The topological polar surface area (TPSA) is 35.5 Å². The van der Waals surface area contributed by atoms with Gasteiger partial charge in [0.15, 0.2) is 5.78 Å². The lowest BCUT2D eigenvalue weighted by molar-refractivity contribution is 0.103. The molecule has 3 nitrogen and oxygen atoms in total. The zero-order valence-electron chi connectivity index (χ0n) is 10.2. The van der Waals surface area contributed by atoms with Gasteiger partial charge in [-0.05, 0) is 50.7 Å². The van der Waals surface area contributed by atoms with Crippen LogP contribution in [-0.4, -0.2) is 20.0 Å². The lowest BCUT2D eigenvalue weighted by Gasteiger charge is -2.11. The summed E-state index contributed by atoms with van der Waals surface area (Å²) in [5.41, 5.74) is 1.18. The number of hydrogen-bond acceptors (Lipinski definition) is 4. The fourth-order valence-electron chi connectivity index (χ4n) is 1.63. The average Bonchev–Trinajstić information content (AvgIpc) is 2.83. The fraction of sp³-hybridized carbons (Fsp3) is 0.154. The Labute approximate surface area is 137 Å². The molecule has 0 radical (unpaired) electrons. The van der Waals surface area contributed by atoms with Crippen molar-refractivity contribution in [3.63, 3.8) is 0 Å². The third kappa shape index (κ3) is 3.11. The minimum absolute atomic E-state index is 0.0643. The molecule has 19 heavy (non-hydrogen) atoms. The molecule has 0 unspecified atom stereocenters. The molecule has 0 saturated carbocycles. The van der Waals surface area contributed by atoms with Crippen LogP contribution in [0, 0.1) is 2.88 Å². The number of carbonyl (C=O) groups is 1. The Morgan fingerprint density at radius 2 is 2.00 bits per heavy atom. The number of ketones is 1. The molecular weight excluding hydrogens is 443 g/mol. The lowest BCUT2D eigenvalue weighted by atomic mass is 10.0. The van der Waals surface area contributed by atoms with E-state index in [1.54, 1.807) is 19.2 Å². The van der Waals surface area contributed by atoms with Gasteiger partial charge in [0.1, 0.15) is 11.5 Å². The van der Waals surface area contributed by atoms with Gasteiger partial charge in [-0.25, -0.2) is 0 Å². The molecule has 0 fully saturated rings. The summed E-state index contributed by atoms with van der Waals surface area (Å²) in [7, 11) is 3.11. The van der Waals surface area contributed by atoms with Crippen LogP contribution < -0.4 is 9.47 Å². The van der Waals surface area contributed by atoms with Crippen molar-refractivity contribution < 1.29 is 14.3 Å². The zero-order valence-corrected chi connectivity index (χ0v) is 14.8. The van der Waals surface area contributed by atoms with Gasteiger partial charge in [0.25, 0.3) is 0 Å². The average molecular weight is 453 g/mol. The fourth-order valence-corrected chi connectivity index (χ4v) is 3.56. The van der Waals surface area contributed by atoms with Gasteiger partial charge in [0.2, 0.25) is 0 Å². The minimum Gasteiger partial charge on any atom is -0.497 e. The van der Waals surface area contributed by atoms with Crippen molar-refractivity contribution in [2.45, 2.75) is 0 Å². The summed E-state index contributed by atoms with van der Waals surface area (Å²) in [4.78, 5) is 12.5. The number of carbonyl (C=O) groups excluding carboxylic acids is 1. The predicted molar refractivity (Wildman–Crippen MR) is 87.7 cm³/mol. The summed E-state index contributed by atoms with van der Waals surface area (Å²) < 4.78 is 12.2. The van der Waals surface area contributed by atoms with Crippen molar-refractivity contribution in [2.75, 3.05) is 14.2 Å². The first kappa shape index (κ1) is 14.8. The molecule has 2 rings (SSSR count). The van der Waals surface area contributed by atoms with Gasteiger partial charge in [0.05, 0.1) is 22.7 Å². The van der Waals surface area contributed by atoms with Crippen LogP contribution in [-0.2, 0) is 0 Å². The molecule has 100 valence electrons. The second kappa shape index (κ2) is 6.23. The SMILES string of the molecule is COc1cc(Br)c(C(=O)c2csc(I)c2)c(OC)c1. The van der Waals surface area contributed by atoms with Crippen molar-refractivity contribution in [3.8, 4) is 11.5 Å².